The van der Waals surface area contributed by atoms with Gasteiger partial charge in [0.15, 0.2) is 0 Å². The lowest BCUT2D eigenvalue weighted by atomic mass is 10.0. The van der Waals surface area contributed by atoms with Crippen molar-refractivity contribution in [2.45, 2.75) is 37.8 Å². The molecule has 4 unspecified atom stereocenters. The quantitative estimate of drug-likeness (QED) is 0.463. The molecular weight excluding hydrogens is 164 g/mol. The van der Waals surface area contributed by atoms with Crippen molar-refractivity contribution in [2.75, 3.05) is 6.61 Å². The first-order valence-corrected chi connectivity index (χ1v) is 3.99. The lowest BCUT2D eigenvalue weighted by molar-refractivity contribution is -0.415. The summed E-state index contributed by atoms with van der Waals surface area (Å²) in [6.07, 6.45) is -2.86. The molecule has 5 nitrogen and oxygen atoms in total. The Morgan fingerprint density at radius 3 is 2.08 bits per heavy atom. The van der Waals surface area contributed by atoms with Crippen LogP contribution in [0.4, 0.5) is 0 Å². The minimum absolute atomic E-state index is 0.366. The summed E-state index contributed by atoms with van der Waals surface area (Å²) in [6, 6.07) is 0. The summed E-state index contributed by atoms with van der Waals surface area (Å²) in [5.74, 6) is 0. The summed E-state index contributed by atoms with van der Waals surface area (Å²) < 4.78 is 0. The predicted octanol–water partition coefficient (Wildman–Crippen LogP) is -1.19. The second-order valence-corrected chi connectivity index (χ2v) is 2.84. The van der Waals surface area contributed by atoms with Crippen LogP contribution < -0.4 is 0 Å². The fourth-order valence-electron chi connectivity index (χ4n) is 1.14. The van der Waals surface area contributed by atoms with Crippen LogP contribution in [-0.2, 0) is 9.78 Å². The standard InChI is InChI=1S/C7H14O5/c1-2-4-6(9)7(10)5(3-8)12-11-4/h4-10H,2-3H2,1H3. The minimum atomic E-state index is -1.08. The van der Waals surface area contributed by atoms with Crippen LogP contribution in [0.15, 0.2) is 0 Å². The van der Waals surface area contributed by atoms with E-state index in [1.807, 2.05) is 6.92 Å². The summed E-state index contributed by atoms with van der Waals surface area (Å²) in [7, 11) is 0. The first-order chi connectivity index (χ1) is 5.70. The van der Waals surface area contributed by atoms with Gasteiger partial charge in [0.2, 0.25) is 0 Å². The molecule has 0 aromatic carbocycles. The van der Waals surface area contributed by atoms with Crippen molar-refractivity contribution in [3.8, 4) is 0 Å². The smallest absolute Gasteiger partial charge is 0.144 e. The maximum absolute atomic E-state index is 9.37. The number of hydrogen-bond acceptors (Lipinski definition) is 5. The van der Waals surface area contributed by atoms with E-state index < -0.39 is 24.4 Å². The van der Waals surface area contributed by atoms with Gasteiger partial charge < -0.3 is 15.3 Å². The summed E-state index contributed by atoms with van der Waals surface area (Å²) in [6.45, 7) is 1.44. The molecule has 0 aromatic heterocycles. The first kappa shape index (κ1) is 9.88. The van der Waals surface area contributed by atoms with Crippen LogP contribution in [0, 0.1) is 0 Å². The fourth-order valence-corrected chi connectivity index (χ4v) is 1.14. The molecule has 0 bridgehead atoms. The molecule has 1 heterocycles. The van der Waals surface area contributed by atoms with Crippen molar-refractivity contribution in [1.82, 2.24) is 0 Å². The third kappa shape index (κ3) is 1.75. The monoisotopic (exact) mass is 178 g/mol. The lowest BCUT2D eigenvalue weighted by Gasteiger charge is -2.34. The van der Waals surface area contributed by atoms with Crippen molar-refractivity contribution < 1.29 is 25.1 Å². The Bertz CT molecular complexity index is 124. The van der Waals surface area contributed by atoms with E-state index in [0.29, 0.717) is 6.42 Å². The van der Waals surface area contributed by atoms with Gasteiger partial charge in [0.25, 0.3) is 0 Å². The molecule has 1 fully saturated rings. The molecule has 1 saturated heterocycles. The second-order valence-electron chi connectivity index (χ2n) is 2.84. The second kappa shape index (κ2) is 4.15. The Morgan fingerprint density at radius 1 is 1.08 bits per heavy atom. The van der Waals surface area contributed by atoms with E-state index in [0.717, 1.165) is 0 Å². The number of aliphatic hydroxyl groups excluding tert-OH is 3. The maximum atomic E-state index is 9.37. The van der Waals surface area contributed by atoms with E-state index >= 15 is 0 Å². The van der Waals surface area contributed by atoms with Gasteiger partial charge in [-0.1, -0.05) is 6.92 Å². The summed E-state index contributed by atoms with van der Waals surface area (Å²) >= 11 is 0. The molecule has 0 amide bonds. The topological polar surface area (TPSA) is 79.2 Å². The van der Waals surface area contributed by atoms with Gasteiger partial charge in [0, 0.05) is 0 Å². The molecular formula is C7H14O5. The molecule has 0 aromatic rings. The summed E-state index contributed by atoms with van der Waals surface area (Å²) in [5.41, 5.74) is 0. The van der Waals surface area contributed by atoms with E-state index in [2.05, 4.69) is 4.89 Å². The average molecular weight is 178 g/mol. The van der Waals surface area contributed by atoms with Crippen LogP contribution in [-0.4, -0.2) is 46.3 Å². The van der Waals surface area contributed by atoms with Crippen LogP contribution in [0.5, 0.6) is 0 Å². The van der Waals surface area contributed by atoms with E-state index in [1.165, 1.54) is 0 Å². The van der Waals surface area contributed by atoms with Crippen LogP contribution in [0.2, 0.25) is 0 Å². The SMILES string of the molecule is CCC1OOC(CO)C(O)C1O. The molecule has 0 radical (unpaired) electrons. The van der Waals surface area contributed by atoms with Gasteiger partial charge in [-0.3, -0.25) is 0 Å². The zero-order valence-corrected chi connectivity index (χ0v) is 6.88. The van der Waals surface area contributed by atoms with Crippen molar-refractivity contribution in [3.63, 3.8) is 0 Å². The van der Waals surface area contributed by atoms with Crippen molar-refractivity contribution in [1.29, 1.82) is 0 Å². The Kier molecular flexibility index (Phi) is 3.42. The highest BCUT2D eigenvalue weighted by molar-refractivity contribution is 4.83. The van der Waals surface area contributed by atoms with E-state index in [4.69, 9.17) is 9.99 Å². The first-order valence-electron chi connectivity index (χ1n) is 3.99. The third-order valence-electron chi connectivity index (χ3n) is 2.00. The maximum Gasteiger partial charge on any atom is 0.144 e. The van der Waals surface area contributed by atoms with Crippen LogP contribution in [0.1, 0.15) is 13.3 Å². The highest BCUT2D eigenvalue weighted by Crippen LogP contribution is 2.19. The van der Waals surface area contributed by atoms with Gasteiger partial charge in [-0.05, 0) is 6.42 Å². The highest BCUT2D eigenvalue weighted by Gasteiger charge is 2.38. The fraction of sp³-hybridized carbons (Fsp3) is 1.00. The Morgan fingerprint density at radius 2 is 1.58 bits per heavy atom. The Balaban J connectivity index is 2.52. The molecule has 1 rings (SSSR count). The largest absolute Gasteiger partial charge is 0.393 e. The van der Waals surface area contributed by atoms with Crippen LogP contribution in [0.3, 0.4) is 0 Å². The molecule has 4 atom stereocenters. The van der Waals surface area contributed by atoms with Gasteiger partial charge in [-0.15, -0.1) is 0 Å². The summed E-state index contributed by atoms with van der Waals surface area (Å²) in [5, 5.41) is 27.4. The average Bonchev–Trinajstić information content (AvgIpc) is 2.10. The number of rotatable bonds is 2. The zero-order chi connectivity index (χ0) is 9.14. The van der Waals surface area contributed by atoms with Crippen molar-refractivity contribution >= 4 is 0 Å². The molecule has 72 valence electrons. The normalized spacial score (nSPS) is 43.0. The molecule has 3 N–H and O–H groups in total. The third-order valence-corrected chi connectivity index (χ3v) is 2.00. The van der Waals surface area contributed by atoms with Gasteiger partial charge >= 0.3 is 0 Å². The molecule has 12 heavy (non-hydrogen) atoms. The lowest BCUT2D eigenvalue weighted by Crippen LogP contribution is -2.52. The van der Waals surface area contributed by atoms with E-state index in [1.54, 1.807) is 0 Å². The minimum Gasteiger partial charge on any atom is -0.393 e. The highest BCUT2D eigenvalue weighted by atomic mass is 17.2. The van der Waals surface area contributed by atoms with E-state index in [-0.39, 0.29) is 6.61 Å². The molecule has 5 heteroatoms. The molecule has 1 aliphatic heterocycles. The van der Waals surface area contributed by atoms with Gasteiger partial charge in [-0.25, -0.2) is 9.78 Å². The number of hydrogen-bond donors (Lipinski definition) is 3. The van der Waals surface area contributed by atoms with Crippen molar-refractivity contribution in [3.05, 3.63) is 0 Å². The Hall–Kier alpha value is -0.200. The molecule has 0 saturated carbocycles. The van der Waals surface area contributed by atoms with Crippen LogP contribution >= 0.6 is 0 Å². The predicted molar refractivity (Wildman–Crippen MR) is 39.1 cm³/mol. The molecule has 0 spiro atoms. The van der Waals surface area contributed by atoms with Gasteiger partial charge in [0.05, 0.1) is 6.61 Å². The van der Waals surface area contributed by atoms with Gasteiger partial charge in [-0.2, -0.15) is 0 Å². The number of aliphatic hydroxyl groups is 3. The van der Waals surface area contributed by atoms with Gasteiger partial charge in [0.1, 0.15) is 24.4 Å². The molecule has 0 aliphatic carbocycles. The molecule has 1 aliphatic rings. The summed E-state index contributed by atoms with van der Waals surface area (Å²) in [4.78, 5) is 9.40. The zero-order valence-electron chi connectivity index (χ0n) is 6.88. The van der Waals surface area contributed by atoms with E-state index in [9.17, 15) is 10.2 Å². The Labute approximate surface area is 70.5 Å². The van der Waals surface area contributed by atoms with Crippen LogP contribution in [0.25, 0.3) is 0 Å². The van der Waals surface area contributed by atoms with Crippen molar-refractivity contribution in [2.24, 2.45) is 0 Å².